The van der Waals surface area contributed by atoms with E-state index in [0.29, 0.717) is 0 Å². The van der Waals surface area contributed by atoms with Crippen LogP contribution >= 0.6 is 0 Å². The van der Waals surface area contributed by atoms with E-state index < -0.39 is 5.60 Å². The number of carbonyl (C=O) groups is 1. The summed E-state index contributed by atoms with van der Waals surface area (Å²) >= 11 is 0. The predicted octanol–water partition coefficient (Wildman–Crippen LogP) is 1.78. The minimum absolute atomic E-state index is 0.184. The van der Waals surface area contributed by atoms with Crippen molar-refractivity contribution in [2.24, 2.45) is 5.73 Å². The van der Waals surface area contributed by atoms with Gasteiger partial charge in [-0.15, -0.1) is 0 Å². The van der Waals surface area contributed by atoms with E-state index in [0.717, 1.165) is 25.7 Å². The third kappa shape index (κ3) is 5.02. The van der Waals surface area contributed by atoms with Crippen molar-refractivity contribution in [3.63, 3.8) is 0 Å². The van der Waals surface area contributed by atoms with Gasteiger partial charge in [0.15, 0.2) is 0 Å². The van der Waals surface area contributed by atoms with Crippen molar-refractivity contribution in [3.8, 4) is 0 Å². The maximum absolute atomic E-state index is 11.5. The van der Waals surface area contributed by atoms with E-state index in [-0.39, 0.29) is 18.2 Å². The van der Waals surface area contributed by atoms with Crippen molar-refractivity contribution in [2.45, 2.75) is 64.1 Å². The molecule has 0 radical (unpaired) electrons. The highest BCUT2D eigenvalue weighted by molar-refractivity contribution is 5.68. The van der Waals surface area contributed by atoms with Crippen LogP contribution < -0.4 is 11.1 Å². The van der Waals surface area contributed by atoms with Crippen LogP contribution in [0.5, 0.6) is 0 Å². The van der Waals surface area contributed by atoms with Crippen molar-refractivity contribution in [2.75, 3.05) is 0 Å². The van der Waals surface area contributed by atoms with Crippen molar-refractivity contribution in [1.29, 1.82) is 0 Å². The second-order valence-corrected chi connectivity index (χ2v) is 5.27. The highest BCUT2D eigenvalue weighted by atomic mass is 16.6. The lowest BCUT2D eigenvalue weighted by molar-refractivity contribution is 0.0491. The molecule has 1 rings (SSSR count). The van der Waals surface area contributed by atoms with E-state index in [1.54, 1.807) is 0 Å². The SMILES string of the molecule is CC(C)(C)OC(=O)N[C@@H]1CCC[C@H](N)C1. The number of hydrogen-bond donors (Lipinski definition) is 2. The summed E-state index contributed by atoms with van der Waals surface area (Å²) in [5.41, 5.74) is 5.41. The molecule has 0 spiro atoms. The molecule has 88 valence electrons. The molecule has 1 aliphatic carbocycles. The number of hydrogen-bond acceptors (Lipinski definition) is 3. The van der Waals surface area contributed by atoms with Gasteiger partial charge in [0, 0.05) is 12.1 Å². The number of nitrogens with two attached hydrogens (primary N) is 1. The lowest BCUT2D eigenvalue weighted by atomic mass is 9.92. The van der Waals surface area contributed by atoms with Crippen molar-refractivity contribution < 1.29 is 9.53 Å². The topological polar surface area (TPSA) is 64.3 Å². The van der Waals surface area contributed by atoms with Gasteiger partial charge in [0.25, 0.3) is 0 Å². The molecule has 1 saturated carbocycles. The maximum Gasteiger partial charge on any atom is 0.407 e. The summed E-state index contributed by atoms with van der Waals surface area (Å²) in [7, 11) is 0. The molecule has 0 saturated heterocycles. The van der Waals surface area contributed by atoms with Gasteiger partial charge >= 0.3 is 6.09 Å². The fraction of sp³-hybridized carbons (Fsp3) is 0.909. The number of ether oxygens (including phenoxy) is 1. The van der Waals surface area contributed by atoms with Crippen LogP contribution in [0.1, 0.15) is 46.5 Å². The average molecular weight is 214 g/mol. The number of nitrogens with one attached hydrogen (secondary N) is 1. The second-order valence-electron chi connectivity index (χ2n) is 5.27. The van der Waals surface area contributed by atoms with E-state index in [2.05, 4.69) is 5.32 Å². The normalized spacial score (nSPS) is 27.2. The molecule has 3 N–H and O–H groups in total. The molecule has 0 aromatic carbocycles. The summed E-state index contributed by atoms with van der Waals surface area (Å²) in [5, 5.41) is 2.86. The first-order valence-corrected chi connectivity index (χ1v) is 5.62. The molecule has 1 amide bonds. The van der Waals surface area contributed by atoms with Crippen LogP contribution in [0.25, 0.3) is 0 Å². The van der Waals surface area contributed by atoms with E-state index in [4.69, 9.17) is 10.5 Å². The quantitative estimate of drug-likeness (QED) is 0.699. The third-order valence-corrected chi connectivity index (χ3v) is 2.44. The van der Waals surface area contributed by atoms with Crippen LogP contribution in [0, 0.1) is 0 Å². The number of carbonyl (C=O) groups excluding carboxylic acids is 1. The highest BCUT2D eigenvalue weighted by Gasteiger charge is 2.23. The smallest absolute Gasteiger partial charge is 0.407 e. The fourth-order valence-corrected chi connectivity index (χ4v) is 1.83. The van der Waals surface area contributed by atoms with E-state index in [1.807, 2.05) is 20.8 Å². The summed E-state index contributed by atoms with van der Waals surface area (Å²) < 4.78 is 5.18. The first-order chi connectivity index (χ1) is 6.87. The predicted molar refractivity (Wildman–Crippen MR) is 59.6 cm³/mol. The van der Waals surface area contributed by atoms with Gasteiger partial charge in [0.2, 0.25) is 0 Å². The van der Waals surface area contributed by atoms with Gasteiger partial charge in [-0.3, -0.25) is 0 Å². The Morgan fingerprint density at radius 3 is 2.60 bits per heavy atom. The lowest BCUT2D eigenvalue weighted by Crippen LogP contribution is -2.44. The molecule has 15 heavy (non-hydrogen) atoms. The van der Waals surface area contributed by atoms with Crippen LogP contribution in [0.4, 0.5) is 4.79 Å². The Hall–Kier alpha value is -0.770. The second kappa shape index (κ2) is 4.84. The summed E-state index contributed by atoms with van der Waals surface area (Å²) in [4.78, 5) is 11.5. The van der Waals surface area contributed by atoms with Gasteiger partial charge in [0.05, 0.1) is 0 Å². The summed E-state index contributed by atoms with van der Waals surface area (Å²) in [6.45, 7) is 5.58. The molecule has 2 atom stereocenters. The van der Waals surface area contributed by atoms with E-state index in [9.17, 15) is 4.79 Å². The monoisotopic (exact) mass is 214 g/mol. The minimum Gasteiger partial charge on any atom is -0.444 e. The standard InChI is InChI=1S/C11H22N2O2/c1-11(2,3)15-10(14)13-9-6-4-5-8(12)7-9/h8-9H,4-7,12H2,1-3H3,(H,13,14)/t8-,9+/m0/s1. The van der Waals surface area contributed by atoms with E-state index >= 15 is 0 Å². The van der Waals surface area contributed by atoms with Gasteiger partial charge in [-0.05, 0) is 46.5 Å². The van der Waals surface area contributed by atoms with Gasteiger partial charge in [0.1, 0.15) is 5.60 Å². The summed E-state index contributed by atoms with van der Waals surface area (Å²) in [6.07, 6.45) is 3.68. The lowest BCUT2D eigenvalue weighted by Gasteiger charge is -2.28. The zero-order chi connectivity index (χ0) is 11.5. The van der Waals surface area contributed by atoms with Crippen LogP contribution in [-0.4, -0.2) is 23.8 Å². The van der Waals surface area contributed by atoms with Crippen molar-refractivity contribution in [1.82, 2.24) is 5.32 Å². The molecule has 0 aliphatic heterocycles. The Labute approximate surface area is 91.5 Å². The molecule has 0 heterocycles. The summed E-state index contributed by atoms with van der Waals surface area (Å²) in [6, 6.07) is 0.405. The van der Waals surface area contributed by atoms with Gasteiger partial charge in [-0.1, -0.05) is 0 Å². The number of alkyl carbamates (subject to hydrolysis) is 1. The van der Waals surface area contributed by atoms with Crippen molar-refractivity contribution >= 4 is 6.09 Å². The number of amides is 1. The zero-order valence-electron chi connectivity index (χ0n) is 9.88. The summed E-state index contributed by atoms with van der Waals surface area (Å²) in [5.74, 6) is 0. The largest absolute Gasteiger partial charge is 0.444 e. The Kier molecular flexibility index (Phi) is 3.97. The van der Waals surface area contributed by atoms with Crippen LogP contribution in [0.15, 0.2) is 0 Å². The Balaban J connectivity index is 2.31. The number of rotatable bonds is 1. The highest BCUT2D eigenvalue weighted by Crippen LogP contribution is 2.17. The van der Waals surface area contributed by atoms with Gasteiger partial charge < -0.3 is 15.8 Å². The van der Waals surface area contributed by atoms with E-state index in [1.165, 1.54) is 0 Å². The minimum atomic E-state index is -0.430. The first-order valence-electron chi connectivity index (χ1n) is 5.62. The average Bonchev–Trinajstić information content (AvgIpc) is 1.99. The van der Waals surface area contributed by atoms with Crippen LogP contribution in [-0.2, 0) is 4.74 Å². The Morgan fingerprint density at radius 2 is 2.07 bits per heavy atom. The molecule has 0 aromatic heterocycles. The molecule has 4 heteroatoms. The van der Waals surface area contributed by atoms with Gasteiger partial charge in [-0.2, -0.15) is 0 Å². The molecule has 0 bridgehead atoms. The maximum atomic E-state index is 11.5. The Bertz CT molecular complexity index is 223. The van der Waals surface area contributed by atoms with Gasteiger partial charge in [-0.25, -0.2) is 4.79 Å². The molecule has 4 nitrogen and oxygen atoms in total. The Morgan fingerprint density at radius 1 is 1.40 bits per heavy atom. The molecule has 1 aliphatic rings. The molecule has 0 unspecified atom stereocenters. The molecule has 0 aromatic rings. The fourth-order valence-electron chi connectivity index (χ4n) is 1.83. The van der Waals surface area contributed by atoms with Crippen molar-refractivity contribution in [3.05, 3.63) is 0 Å². The first kappa shape index (κ1) is 12.3. The third-order valence-electron chi connectivity index (χ3n) is 2.44. The molecular weight excluding hydrogens is 192 g/mol. The van der Waals surface area contributed by atoms with Crippen LogP contribution in [0.3, 0.4) is 0 Å². The molecule has 1 fully saturated rings. The zero-order valence-corrected chi connectivity index (χ0v) is 9.88. The van der Waals surface area contributed by atoms with Crippen LogP contribution in [0.2, 0.25) is 0 Å². The molecular formula is C11H22N2O2.